The predicted octanol–water partition coefficient (Wildman–Crippen LogP) is 1.02. The Kier molecular flexibility index (Phi) is 3.68. The van der Waals surface area contributed by atoms with Gasteiger partial charge < -0.3 is 5.11 Å². The molecule has 0 aliphatic heterocycles. The maximum Gasteiger partial charge on any atom is 0.291 e. The van der Waals surface area contributed by atoms with Gasteiger partial charge in [0.05, 0.1) is 0 Å². The van der Waals surface area contributed by atoms with Crippen LogP contribution in [0.4, 0.5) is 0 Å². The van der Waals surface area contributed by atoms with Gasteiger partial charge in [0.15, 0.2) is 5.44 Å². The van der Waals surface area contributed by atoms with Crippen molar-refractivity contribution in [3.63, 3.8) is 0 Å². The van der Waals surface area contributed by atoms with E-state index in [1.54, 1.807) is 0 Å². The molecule has 1 atom stereocenters. The molecule has 5 heteroatoms. The topological polar surface area (TPSA) is 74.6 Å². The molecule has 4 nitrogen and oxygen atoms in total. The van der Waals surface area contributed by atoms with Gasteiger partial charge in [-0.25, -0.2) is 0 Å². The first kappa shape index (κ1) is 11.9. The Labute approximate surface area is 73.4 Å². The molecule has 0 aromatic carbocycles. The molecule has 0 aliphatic rings. The molecular formula is C7H16O4S. The van der Waals surface area contributed by atoms with Crippen molar-refractivity contribution in [2.24, 2.45) is 5.41 Å². The van der Waals surface area contributed by atoms with Crippen molar-refractivity contribution in [3.8, 4) is 0 Å². The van der Waals surface area contributed by atoms with E-state index in [-0.39, 0.29) is 11.8 Å². The smallest absolute Gasteiger partial charge is 0.291 e. The van der Waals surface area contributed by atoms with E-state index in [9.17, 15) is 8.42 Å². The van der Waals surface area contributed by atoms with Crippen LogP contribution >= 0.6 is 0 Å². The fourth-order valence-corrected chi connectivity index (χ4v) is 1.12. The lowest BCUT2D eigenvalue weighted by Gasteiger charge is -2.18. The molecule has 0 rings (SSSR count). The van der Waals surface area contributed by atoms with Crippen molar-refractivity contribution < 1.29 is 18.1 Å². The second-order valence-electron chi connectivity index (χ2n) is 4.07. The maximum absolute atomic E-state index is 10.4. The Bertz CT molecular complexity index is 224. The van der Waals surface area contributed by atoms with Gasteiger partial charge in [0.1, 0.15) is 0 Å². The molecule has 1 unspecified atom stereocenters. The Hall–Kier alpha value is -0.130. The van der Waals surface area contributed by atoms with E-state index in [1.165, 1.54) is 0 Å². The fraction of sp³-hybridized carbons (Fsp3) is 1.00. The zero-order chi connectivity index (χ0) is 9.99. The minimum atomic E-state index is -4.27. The number of hydrogen-bond acceptors (Lipinski definition) is 3. The molecule has 0 aromatic heterocycles. The highest BCUT2D eigenvalue weighted by atomic mass is 32.2. The first-order chi connectivity index (χ1) is 5.13. The Morgan fingerprint density at radius 3 is 2.00 bits per heavy atom. The van der Waals surface area contributed by atoms with Crippen molar-refractivity contribution in [2.75, 3.05) is 0 Å². The zero-order valence-electron chi connectivity index (χ0n) is 7.61. The second kappa shape index (κ2) is 3.72. The third kappa shape index (κ3) is 5.51. The van der Waals surface area contributed by atoms with Gasteiger partial charge in [-0.15, -0.1) is 0 Å². The SMILES string of the molecule is CC(C)(C)CCC(O)S(=O)(=O)O. The third-order valence-corrected chi connectivity index (χ3v) is 2.41. The summed E-state index contributed by atoms with van der Waals surface area (Å²) >= 11 is 0. The standard InChI is InChI=1S/C7H16O4S/c1-7(2,3)5-4-6(8)12(9,10)11/h6,8H,4-5H2,1-3H3,(H,9,10,11). The van der Waals surface area contributed by atoms with E-state index in [2.05, 4.69) is 0 Å². The average Bonchev–Trinajstić information content (AvgIpc) is 1.78. The van der Waals surface area contributed by atoms with Crippen LogP contribution in [0.1, 0.15) is 33.6 Å². The molecule has 0 radical (unpaired) electrons. The Balaban J connectivity index is 3.98. The van der Waals surface area contributed by atoms with Crippen LogP contribution in [0.25, 0.3) is 0 Å². The molecule has 74 valence electrons. The fourth-order valence-electron chi connectivity index (χ4n) is 0.705. The van der Waals surface area contributed by atoms with Gasteiger partial charge in [0.2, 0.25) is 0 Å². The molecular weight excluding hydrogens is 180 g/mol. The molecule has 0 bridgehead atoms. The van der Waals surface area contributed by atoms with Gasteiger partial charge in [-0.05, 0) is 18.3 Å². The van der Waals surface area contributed by atoms with Gasteiger partial charge in [-0.1, -0.05) is 20.8 Å². The van der Waals surface area contributed by atoms with Crippen LogP contribution < -0.4 is 0 Å². The summed E-state index contributed by atoms with van der Waals surface area (Å²) < 4.78 is 29.1. The van der Waals surface area contributed by atoms with E-state index >= 15 is 0 Å². The third-order valence-electron chi connectivity index (χ3n) is 1.49. The Morgan fingerprint density at radius 2 is 1.75 bits per heavy atom. The summed E-state index contributed by atoms with van der Waals surface area (Å²) in [5, 5.41) is 8.91. The summed E-state index contributed by atoms with van der Waals surface area (Å²) in [6.07, 6.45) is 0.621. The first-order valence-electron chi connectivity index (χ1n) is 3.77. The van der Waals surface area contributed by atoms with Crippen molar-refractivity contribution in [1.29, 1.82) is 0 Å². The van der Waals surface area contributed by atoms with Gasteiger partial charge in [0, 0.05) is 0 Å². The highest BCUT2D eigenvalue weighted by Gasteiger charge is 2.22. The highest BCUT2D eigenvalue weighted by molar-refractivity contribution is 7.86. The van der Waals surface area contributed by atoms with Crippen LogP contribution in [0.5, 0.6) is 0 Å². The van der Waals surface area contributed by atoms with E-state index in [1.807, 2.05) is 20.8 Å². The van der Waals surface area contributed by atoms with Gasteiger partial charge >= 0.3 is 0 Å². The second-order valence-corrected chi connectivity index (χ2v) is 5.64. The summed E-state index contributed by atoms with van der Waals surface area (Å²) in [6.45, 7) is 5.80. The highest BCUT2D eigenvalue weighted by Crippen LogP contribution is 2.22. The quantitative estimate of drug-likeness (QED) is 0.661. The van der Waals surface area contributed by atoms with Crippen LogP contribution in [-0.4, -0.2) is 23.5 Å². The largest absolute Gasteiger partial charge is 0.375 e. The monoisotopic (exact) mass is 196 g/mol. The number of aliphatic hydroxyl groups is 1. The average molecular weight is 196 g/mol. The van der Waals surface area contributed by atoms with E-state index in [0.29, 0.717) is 6.42 Å². The lowest BCUT2D eigenvalue weighted by molar-refractivity contribution is 0.200. The normalized spacial score (nSPS) is 16.1. The molecule has 0 aromatic rings. The summed E-state index contributed by atoms with van der Waals surface area (Å²) in [5.74, 6) is 0. The molecule has 0 saturated carbocycles. The van der Waals surface area contributed by atoms with Crippen LogP contribution in [-0.2, 0) is 10.1 Å². The minimum Gasteiger partial charge on any atom is -0.375 e. The zero-order valence-corrected chi connectivity index (χ0v) is 8.43. The molecule has 0 amide bonds. The van der Waals surface area contributed by atoms with E-state index in [0.717, 1.165) is 0 Å². The van der Waals surface area contributed by atoms with Gasteiger partial charge in [0.25, 0.3) is 10.1 Å². The Morgan fingerprint density at radius 1 is 1.33 bits per heavy atom. The van der Waals surface area contributed by atoms with Crippen LogP contribution in [0.3, 0.4) is 0 Å². The minimum absolute atomic E-state index is 0.0360. The summed E-state index contributed by atoms with van der Waals surface area (Å²) in [7, 11) is -4.27. The van der Waals surface area contributed by atoms with Crippen LogP contribution in [0, 0.1) is 5.41 Å². The number of rotatable bonds is 3. The van der Waals surface area contributed by atoms with Crippen LogP contribution in [0.15, 0.2) is 0 Å². The maximum atomic E-state index is 10.4. The number of aliphatic hydroxyl groups excluding tert-OH is 1. The summed E-state index contributed by atoms with van der Waals surface area (Å²) in [5.41, 5.74) is -1.68. The molecule has 2 N–H and O–H groups in total. The van der Waals surface area contributed by atoms with Crippen molar-refractivity contribution in [2.45, 2.75) is 39.0 Å². The number of hydrogen-bond donors (Lipinski definition) is 2. The molecule has 12 heavy (non-hydrogen) atoms. The van der Waals surface area contributed by atoms with E-state index in [4.69, 9.17) is 9.66 Å². The van der Waals surface area contributed by atoms with Crippen molar-refractivity contribution in [1.82, 2.24) is 0 Å². The lowest BCUT2D eigenvalue weighted by atomic mass is 9.91. The summed E-state index contributed by atoms with van der Waals surface area (Å²) in [6, 6.07) is 0. The molecule has 0 fully saturated rings. The lowest BCUT2D eigenvalue weighted by Crippen LogP contribution is -2.21. The van der Waals surface area contributed by atoms with Gasteiger partial charge in [-0.2, -0.15) is 8.42 Å². The van der Waals surface area contributed by atoms with Gasteiger partial charge in [-0.3, -0.25) is 4.55 Å². The van der Waals surface area contributed by atoms with Crippen molar-refractivity contribution >= 4 is 10.1 Å². The molecule has 0 spiro atoms. The molecule has 0 heterocycles. The summed E-state index contributed by atoms with van der Waals surface area (Å²) in [4.78, 5) is 0. The molecule has 0 aliphatic carbocycles. The van der Waals surface area contributed by atoms with Crippen molar-refractivity contribution in [3.05, 3.63) is 0 Å². The van der Waals surface area contributed by atoms with E-state index < -0.39 is 15.6 Å². The molecule has 0 saturated heterocycles. The first-order valence-corrected chi connectivity index (χ1v) is 5.27. The van der Waals surface area contributed by atoms with Crippen LogP contribution in [0.2, 0.25) is 0 Å². The predicted molar refractivity (Wildman–Crippen MR) is 46.2 cm³/mol.